The van der Waals surface area contributed by atoms with Crippen LogP contribution in [-0.2, 0) is 9.59 Å². The number of ketones is 1. The third kappa shape index (κ3) is 3.69. The van der Waals surface area contributed by atoms with Gasteiger partial charge in [0, 0.05) is 22.3 Å². The van der Waals surface area contributed by atoms with Crippen molar-refractivity contribution in [3.8, 4) is 0 Å². The Morgan fingerprint density at radius 2 is 1.58 bits per heavy atom. The van der Waals surface area contributed by atoms with Gasteiger partial charge in [-0.25, -0.2) is 8.78 Å². The molecule has 0 spiro atoms. The van der Waals surface area contributed by atoms with Crippen LogP contribution in [0.3, 0.4) is 0 Å². The first-order valence-corrected chi connectivity index (χ1v) is 9.81. The van der Waals surface area contributed by atoms with Gasteiger partial charge in [0.25, 0.3) is 11.7 Å². The van der Waals surface area contributed by atoms with Crippen LogP contribution in [-0.4, -0.2) is 16.8 Å². The molecule has 4 nitrogen and oxygen atoms in total. The fourth-order valence-corrected chi connectivity index (χ4v) is 3.84. The number of aliphatic hydroxyl groups is 1. The largest absolute Gasteiger partial charge is 0.507 e. The van der Waals surface area contributed by atoms with E-state index in [1.165, 1.54) is 18.2 Å². The molecule has 1 aliphatic heterocycles. The molecule has 1 amide bonds. The average Bonchev–Trinajstić information content (AvgIpc) is 3.01. The van der Waals surface area contributed by atoms with Crippen molar-refractivity contribution in [2.75, 3.05) is 4.90 Å². The molecule has 8 heteroatoms. The molecule has 3 aromatic carbocycles. The predicted molar refractivity (Wildman–Crippen MR) is 114 cm³/mol. The Bertz CT molecular complexity index is 1240. The highest BCUT2D eigenvalue weighted by Crippen LogP contribution is 2.43. The van der Waals surface area contributed by atoms with E-state index in [2.05, 4.69) is 0 Å². The monoisotopic (exact) mass is 459 g/mol. The molecule has 1 unspecified atom stereocenters. The molecule has 0 radical (unpaired) electrons. The summed E-state index contributed by atoms with van der Waals surface area (Å²) < 4.78 is 27.4. The number of halogens is 4. The first-order chi connectivity index (χ1) is 14.8. The Morgan fingerprint density at radius 1 is 0.903 bits per heavy atom. The molecule has 1 aliphatic rings. The van der Waals surface area contributed by atoms with Crippen LogP contribution in [0.25, 0.3) is 5.76 Å². The number of benzene rings is 3. The number of nitrogens with zero attached hydrogens (tertiary/aromatic N) is 1. The van der Waals surface area contributed by atoms with Crippen LogP contribution in [0.5, 0.6) is 0 Å². The zero-order valence-corrected chi connectivity index (χ0v) is 17.2. The lowest BCUT2D eigenvalue weighted by Crippen LogP contribution is -2.29. The molecule has 0 saturated carbocycles. The van der Waals surface area contributed by atoms with Crippen molar-refractivity contribution < 1.29 is 23.5 Å². The van der Waals surface area contributed by atoms with Gasteiger partial charge in [-0.2, -0.15) is 0 Å². The van der Waals surface area contributed by atoms with Crippen molar-refractivity contribution in [1.29, 1.82) is 0 Å². The number of carbonyl (C=O) groups excluding carboxylic acids is 2. The van der Waals surface area contributed by atoms with E-state index in [1.54, 1.807) is 36.4 Å². The Morgan fingerprint density at radius 3 is 2.23 bits per heavy atom. The maximum Gasteiger partial charge on any atom is 0.300 e. The van der Waals surface area contributed by atoms with E-state index >= 15 is 0 Å². The van der Waals surface area contributed by atoms with E-state index in [0.717, 1.165) is 17.0 Å². The lowest BCUT2D eigenvalue weighted by molar-refractivity contribution is -0.132. The fourth-order valence-electron chi connectivity index (χ4n) is 3.49. The molecule has 0 aromatic heterocycles. The number of anilines is 1. The number of aliphatic hydroxyl groups excluding tert-OH is 1. The van der Waals surface area contributed by atoms with Gasteiger partial charge in [-0.1, -0.05) is 47.5 Å². The lowest BCUT2D eigenvalue weighted by atomic mass is 9.95. The van der Waals surface area contributed by atoms with E-state index < -0.39 is 35.1 Å². The van der Waals surface area contributed by atoms with Gasteiger partial charge in [-0.05, 0) is 42.0 Å². The number of carbonyl (C=O) groups is 2. The molecular formula is C23H13Cl2F2NO3. The van der Waals surface area contributed by atoms with Gasteiger partial charge < -0.3 is 5.11 Å². The van der Waals surface area contributed by atoms with Crippen molar-refractivity contribution in [2.45, 2.75) is 6.04 Å². The van der Waals surface area contributed by atoms with Crippen LogP contribution in [0.15, 0.2) is 72.3 Å². The first-order valence-electron chi connectivity index (χ1n) is 9.06. The molecule has 4 rings (SSSR count). The summed E-state index contributed by atoms with van der Waals surface area (Å²) in [7, 11) is 0. The van der Waals surface area contributed by atoms with E-state index in [4.69, 9.17) is 23.2 Å². The summed E-state index contributed by atoms with van der Waals surface area (Å²) in [6.07, 6.45) is 0. The zero-order valence-electron chi connectivity index (χ0n) is 15.7. The minimum atomic E-state index is -1.18. The smallest absolute Gasteiger partial charge is 0.300 e. The normalized spacial score (nSPS) is 17.9. The van der Waals surface area contributed by atoms with Crippen LogP contribution in [0.1, 0.15) is 17.2 Å². The topological polar surface area (TPSA) is 57.6 Å². The van der Waals surface area contributed by atoms with Gasteiger partial charge in [-0.3, -0.25) is 14.5 Å². The van der Waals surface area contributed by atoms with Gasteiger partial charge in [0.05, 0.1) is 16.6 Å². The van der Waals surface area contributed by atoms with Crippen molar-refractivity contribution in [3.63, 3.8) is 0 Å². The second-order valence-electron chi connectivity index (χ2n) is 6.80. The van der Waals surface area contributed by atoms with Gasteiger partial charge >= 0.3 is 0 Å². The summed E-state index contributed by atoms with van der Waals surface area (Å²) in [5, 5.41) is 11.6. The molecular weight excluding hydrogens is 447 g/mol. The van der Waals surface area contributed by atoms with Crippen molar-refractivity contribution in [3.05, 3.63) is 105 Å². The Kier molecular flexibility index (Phi) is 5.52. The number of hydrogen-bond donors (Lipinski definition) is 1. The fraction of sp³-hybridized carbons (Fsp3) is 0.0435. The molecule has 0 bridgehead atoms. The molecule has 1 N–H and O–H groups in total. The number of hydrogen-bond acceptors (Lipinski definition) is 3. The van der Waals surface area contributed by atoms with E-state index in [9.17, 15) is 23.5 Å². The van der Waals surface area contributed by atoms with E-state index in [0.29, 0.717) is 10.6 Å². The Balaban J connectivity index is 1.98. The van der Waals surface area contributed by atoms with E-state index in [-0.39, 0.29) is 21.8 Å². The van der Waals surface area contributed by atoms with Gasteiger partial charge in [0.15, 0.2) is 11.6 Å². The summed E-state index contributed by atoms with van der Waals surface area (Å²) in [6, 6.07) is 14.3. The van der Waals surface area contributed by atoms with Crippen LogP contribution in [0.2, 0.25) is 10.0 Å². The SMILES string of the molecule is O=C1C(=O)N(c2ccc(F)c(F)c2)C(c2ccc(Cl)cc2)C1=C(O)c1ccccc1Cl. The molecule has 3 aromatic rings. The highest BCUT2D eigenvalue weighted by atomic mass is 35.5. The zero-order chi connectivity index (χ0) is 22.3. The minimum absolute atomic E-state index is 0.0424. The molecule has 156 valence electrons. The van der Waals surface area contributed by atoms with Crippen molar-refractivity contribution >= 4 is 46.3 Å². The highest BCUT2D eigenvalue weighted by molar-refractivity contribution is 6.52. The minimum Gasteiger partial charge on any atom is -0.507 e. The summed E-state index contributed by atoms with van der Waals surface area (Å²) in [5.41, 5.74) is 0.317. The maximum absolute atomic E-state index is 13.9. The number of rotatable bonds is 3. The first kappa shape index (κ1) is 21.0. The van der Waals surface area contributed by atoms with Crippen LogP contribution in [0, 0.1) is 11.6 Å². The highest BCUT2D eigenvalue weighted by Gasteiger charge is 2.47. The van der Waals surface area contributed by atoms with Gasteiger partial charge in [-0.15, -0.1) is 0 Å². The second kappa shape index (κ2) is 8.13. The average molecular weight is 460 g/mol. The molecule has 1 heterocycles. The van der Waals surface area contributed by atoms with Crippen molar-refractivity contribution in [1.82, 2.24) is 0 Å². The summed E-state index contributed by atoms with van der Waals surface area (Å²) in [4.78, 5) is 26.9. The van der Waals surface area contributed by atoms with E-state index in [1.807, 2.05) is 0 Å². The molecule has 0 aliphatic carbocycles. The molecule has 1 atom stereocenters. The summed E-state index contributed by atoms with van der Waals surface area (Å²) in [5.74, 6) is -4.74. The van der Waals surface area contributed by atoms with Crippen LogP contribution >= 0.6 is 23.2 Å². The molecule has 31 heavy (non-hydrogen) atoms. The predicted octanol–water partition coefficient (Wildman–Crippen LogP) is 5.90. The van der Waals surface area contributed by atoms with Gasteiger partial charge in [0.2, 0.25) is 0 Å². The summed E-state index contributed by atoms with van der Waals surface area (Å²) >= 11 is 12.1. The molecule has 1 saturated heterocycles. The van der Waals surface area contributed by atoms with Crippen LogP contribution in [0.4, 0.5) is 14.5 Å². The van der Waals surface area contributed by atoms with Crippen LogP contribution < -0.4 is 4.90 Å². The number of amides is 1. The second-order valence-corrected chi connectivity index (χ2v) is 7.64. The quantitative estimate of drug-likeness (QED) is 0.301. The Hall–Kier alpha value is -3.22. The van der Waals surface area contributed by atoms with Gasteiger partial charge in [0.1, 0.15) is 5.76 Å². The standard InChI is InChI=1S/C23H13Cl2F2NO3/c24-13-7-5-12(6-8-13)20-19(21(29)15-3-1-2-4-16(15)25)22(30)23(31)28(20)14-9-10-17(26)18(27)11-14/h1-11,20,29H. The maximum atomic E-state index is 13.9. The lowest BCUT2D eigenvalue weighted by Gasteiger charge is -2.25. The summed E-state index contributed by atoms with van der Waals surface area (Å²) in [6.45, 7) is 0. The number of Topliss-reactive ketones (excluding diaryl/α,β-unsaturated/α-hetero) is 1. The third-order valence-electron chi connectivity index (χ3n) is 4.94. The molecule has 1 fully saturated rings. The third-order valence-corrected chi connectivity index (χ3v) is 5.52. The Labute approximate surface area is 185 Å². The van der Waals surface area contributed by atoms with Crippen molar-refractivity contribution in [2.24, 2.45) is 0 Å².